The number of piperidine rings is 1. The average Bonchev–Trinajstić information content (AvgIpc) is 3.28. The number of pyridine rings is 1. The largest absolute Gasteiger partial charge is 0.496 e. The summed E-state index contributed by atoms with van der Waals surface area (Å²) in [6.07, 6.45) is 3.89. The van der Waals surface area contributed by atoms with E-state index >= 15 is 0 Å². The maximum atomic E-state index is 13.0. The normalized spacial score (nSPS) is 17.0. The minimum Gasteiger partial charge on any atom is -0.496 e. The average molecular weight is 516 g/mol. The van der Waals surface area contributed by atoms with Gasteiger partial charge in [0.15, 0.2) is 5.60 Å². The summed E-state index contributed by atoms with van der Waals surface area (Å²) >= 11 is 6.12. The molecule has 3 aromatic rings. The molecule has 0 saturated carbocycles. The van der Waals surface area contributed by atoms with E-state index in [2.05, 4.69) is 10.3 Å². The highest BCUT2D eigenvalue weighted by molar-refractivity contribution is 6.30. The molecule has 1 aliphatic heterocycles. The van der Waals surface area contributed by atoms with Crippen LogP contribution in [0.3, 0.4) is 0 Å². The Labute approximate surface area is 213 Å². The van der Waals surface area contributed by atoms with Gasteiger partial charge in [-0.2, -0.15) is 0 Å². The number of halogens is 1. The number of rotatable bonds is 7. The van der Waals surface area contributed by atoms with Crippen LogP contribution < -0.4 is 10.3 Å². The fourth-order valence-electron chi connectivity index (χ4n) is 4.44. The molecule has 1 aromatic carbocycles. The molecule has 1 atom stereocenters. The summed E-state index contributed by atoms with van der Waals surface area (Å²) in [6, 6.07) is 8.42. The van der Waals surface area contributed by atoms with Crippen LogP contribution in [-0.4, -0.2) is 72.0 Å². The van der Waals surface area contributed by atoms with Crippen LogP contribution >= 0.6 is 11.6 Å². The molecule has 2 N–H and O–H groups in total. The van der Waals surface area contributed by atoms with Crippen molar-refractivity contribution in [3.63, 3.8) is 0 Å². The minimum atomic E-state index is -1.76. The van der Waals surface area contributed by atoms with Crippen molar-refractivity contribution in [1.82, 2.24) is 24.5 Å². The second-order valence-corrected chi connectivity index (χ2v) is 10.0. The number of aliphatic hydroxyl groups is 2. The molecule has 11 heteroatoms. The standard InChI is InChI=1S/C25H30ClN5O5/c1-17-6-9-30(22(32)12-17)15-24(2,34)23(33)29-10-7-25(35,8-11-29)16-31-14-20(27-28-31)19-13-18(26)4-5-21(19)36-3/h4-6,9,12-14,34-35H,7-8,10-11,15-16H2,1-3H3. The maximum Gasteiger partial charge on any atom is 0.256 e. The number of carbonyl (C=O) groups excluding carboxylic acids is 1. The number of methoxy groups -OCH3 is 1. The zero-order chi connectivity index (χ0) is 26.1. The molecule has 192 valence electrons. The number of benzene rings is 1. The molecule has 4 rings (SSSR count). The van der Waals surface area contributed by atoms with E-state index in [0.29, 0.717) is 34.9 Å². The van der Waals surface area contributed by atoms with Crippen molar-refractivity contribution < 1.29 is 19.7 Å². The predicted molar refractivity (Wildman–Crippen MR) is 134 cm³/mol. The third kappa shape index (κ3) is 5.61. The predicted octanol–water partition coefficient (Wildman–Crippen LogP) is 1.88. The first-order valence-corrected chi connectivity index (χ1v) is 12.0. The number of nitrogens with zero attached hydrogens (tertiary/aromatic N) is 5. The van der Waals surface area contributed by atoms with Gasteiger partial charge >= 0.3 is 0 Å². The second kappa shape index (κ2) is 10.0. The molecule has 1 fully saturated rings. The van der Waals surface area contributed by atoms with Crippen molar-refractivity contribution in [3.8, 4) is 17.0 Å². The van der Waals surface area contributed by atoms with Crippen LogP contribution in [0.4, 0.5) is 0 Å². The lowest BCUT2D eigenvalue weighted by Gasteiger charge is -2.40. The second-order valence-electron chi connectivity index (χ2n) is 9.61. The van der Waals surface area contributed by atoms with Crippen LogP contribution in [0.1, 0.15) is 25.3 Å². The highest BCUT2D eigenvalue weighted by atomic mass is 35.5. The topological polar surface area (TPSA) is 123 Å². The van der Waals surface area contributed by atoms with E-state index in [9.17, 15) is 19.8 Å². The van der Waals surface area contributed by atoms with Gasteiger partial charge in [-0.1, -0.05) is 16.8 Å². The number of aryl methyl sites for hydroxylation is 1. The van der Waals surface area contributed by atoms with E-state index in [1.54, 1.807) is 55.4 Å². The Hall–Kier alpha value is -3.21. The summed E-state index contributed by atoms with van der Waals surface area (Å²) in [5.74, 6) is 0.130. The first kappa shape index (κ1) is 25.9. The molecular formula is C25H30ClN5O5. The Morgan fingerprint density at radius 1 is 1.25 bits per heavy atom. The van der Waals surface area contributed by atoms with Crippen molar-refractivity contribution >= 4 is 17.5 Å². The molecule has 1 aliphatic rings. The molecule has 1 unspecified atom stereocenters. The van der Waals surface area contributed by atoms with Gasteiger partial charge in [0.1, 0.15) is 11.4 Å². The summed E-state index contributed by atoms with van der Waals surface area (Å²) in [7, 11) is 1.56. The molecule has 3 heterocycles. The Morgan fingerprint density at radius 2 is 1.97 bits per heavy atom. The van der Waals surface area contributed by atoms with Gasteiger partial charge in [0, 0.05) is 35.9 Å². The van der Waals surface area contributed by atoms with E-state index < -0.39 is 17.1 Å². The van der Waals surface area contributed by atoms with E-state index in [4.69, 9.17) is 16.3 Å². The van der Waals surface area contributed by atoms with Crippen LogP contribution in [0, 0.1) is 6.92 Å². The van der Waals surface area contributed by atoms with Gasteiger partial charge in [0.25, 0.3) is 11.5 Å². The summed E-state index contributed by atoms with van der Waals surface area (Å²) in [4.78, 5) is 26.8. The van der Waals surface area contributed by atoms with Gasteiger partial charge < -0.3 is 24.4 Å². The van der Waals surface area contributed by atoms with Gasteiger partial charge in [-0.05, 0) is 56.5 Å². The van der Waals surface area contributed by atoms with Crippen LogP contribution in [0.5, 0.6) is 5.75 Å². The summed E-state index contributed by atoms with van der Waals surface area (Å²) < 4.78 is 8.27. The maximum absolute atomic E-state index is 13.0. The van der Waals surface area contributed by atoms with Crippen molar-refractivity contribution in [2.75, 3.05) is 20.2 Å². The molecule has 1 saturated heterocycles. The van der Waals surface area contributed by atoms with E-state index in [1.165, 1.54) is 22.5 Å². The molecule has 2 aromatic heterocycles. The van der Waals surface area contributed by atoms with Crippen molar-refractivity contribution in [3.05, 3.63) is 63.7 Å². The molecule has 0 bridgehead atoms. The highest BCUT2D eigenvalue weighted by Gasteiger charge is 2.40. The minimum absolute atomic E-state index is 0.152. The summed E-state index contributed by atoms with van der Waals surface area (Å²) in [5, 5.41) is 30.9. The van der Waals surface area contributed by atoms with Gasteiger partial charge in [-0.3, -0.25) is 9.59 Å². The molecule has 1 amide bonds. The van der Waals surface area contributed by atoms with Crippen molar-refractivity contribution in [2.24, 2.45) is 0 Å². The molecule has 0 aliphatic carbocycles. The van der Waals surface area contributed by atoms with Crippen LogP contribution in [-0.2, 0) is 17.9 Å². The first-order chi connectivity index (χ1) is 17.0. The number of hydrogen-bond acceptors (Lipinski definition) is 7. The van der Waals surface area contributed by atoms with Gasteiger partial charge in [0.2, 0.25) is 0 Å². The Bertz CT molecular complexity index is 1310. The number of likely N-dealkylation sites (tertiary alicyclic amines) is 1. The lowest BCUT2D eigenvalue weighted by Crippen LogP contribution is -2.55. The number of hydrogen-bond donors (Lipinski definition) is 2. The zero-order valence-corrected chi connectivity index (χ0v) is 21.3. The molecule has 36 heavy (non-hydrogen) atoms. The fraction of sp³-hybridized carbons (Fsp3) is 0.440. The first-order valence-electron chi connectivity index (χ1n) is 11.6. The van der Waals surface area contributed by atoms with E-state index in [-0.39, 0.29) is 31.7 Å². The smallest absolute Gasteiger partial charge is 0.256 e. The van der Waals surface area contributed by atoms with Gasteiger partial charge in [0.05, 0.1) is 32.0 Å². The van der Waals surface area contributed by atoms with Gasteiger partial charge in [-0.25, -0.2) is 4.68 Å². The fourth-order valence-corrected chi connectivity index (χ4v) is 4.61. The zero-order valence-electron chi connectivity index (χ0n) is 20.5. The molecule has 0 spiro atoms. The third-order valence-electron chi connectivity index (χ3n) is 6.50. The van der Waals surface area contributed by atoms with E-state index in [0.717, 1.165) is 5.56 Å². The van der Waals surface area contributed by atoms with Gasteiger partial charge in [-0.15, -0.1) is 5.10 Å². The molecular weight excluding hydrogens is 486 g/mol. The van der Waals surface area contributed by atoms with Crippen LogP contribution in [0.25, 0.3) is 11.3 Å². The summed E-state index contributed by atoms with van der Waals surface area (Å²) in [6.45, 7) is 3.78. The Morgan fingerprint density at radius 3 is 2.64 bits per heavy atom. The number of ether oxygens (including phenoxy) is 1. The summed E-state index contributed by atoms with van der Waals surface area (Å²) in [5.41, 5.74) is -1.07. The molecule has 0 radical (unpaired) electrons. The number of aromatic nitrogens is 4. The van der Waals surface area contributed by atoms with Crippen molar-refractivity contribution in [2.45, 2.75) is 51.0 Å². The monoisotopic (exact) mass is 515 g/mol. The quantitative estimate of drug-likeness (QED) is 0.492. The lowest BCUT2D eigenvalue weighted by molar-refractivity contribution is -0.155. The van der Waals surface area contributed by atoms with Crippen molar-refractivity contribution in [1.29, 1.82) is 0 Å². The third-order valence-corrected chi connectivity index (χ3v) is 6.74. The number of carbonyl (C=O) groups is 1. The SMILES string of the molecule is COc1ccc(Cl)cc1-c1cn(CC2(O)CCN(C(=O)C(C)(O)Cn3ccc(C)cc3=O)CC2)nn1. The molecule has 10 nitrogen and oxygen atoms in total. The van der Waals surface area contributed by atoms with Crippen LogP contribution in [0.2, 0.25) is 5.02 Å². The number of amides is 1. The Kier molecular flexibility index (Phi) is 7.21. The lowest BCUT2D eigenvalue weighted by atomic mass is 9.90. The highest BCUT2D eigenvalue weighted by Crippen LogP contribution is 2.32. The van der Waals surface area contributed by atoms with E-state index in [1.807, 2.05) is 0 Å². The Balaban J connectivity index is 1.39. The van der Waals surface area contributed by atoms with Crippen LogP contribution in [0.15, 0.2) is 47.5 Å².